The number of morpholine rings is 1. The zero-order chi connectivity index (χ0) is 15.4. The van der Waals surface area contributed by atoms with Crippen LogP contribution in [0, 0.1) is 0 Å². The number of amides is 2. The Kier molecular flexibility index (Phi) is 4.79. The number of hydrogen-bond acceptors (Lipinski definition) is 4. The minimum atomic E-state index is -1.11. The predicted molar refractivity (Wildman–Crippen MR) is 73.7 cm³/mol. The highest BCUT2D eigenvalue weighted by molar-refractivity contribution is 5.83. The molecule has 8 nitrogen and oxygen atoms in total. The van der Waals surface area contributed by atoms with Gasteiger partial charge in [0.25, 0.3) is 0 Å². The number of nitrogens with one attached hydrogen (secondary N) is 1. The van der Waals surface area contributed by atoms with Crippen molar-refractivity contribution in [3.8, 4) is 0 Å². The highest BCUT2D eigenvalue weighted by atomic mass is 16.5. The van der Waals surface area contributed by atoms with E-state index in [1.54, 1.807) is 18.1 Å². The van der Waals surface area contributed by atoms with Gasteiger partial charge in [0.15, 0.2) is 6.04 Å². The molecule has 0 spiro atoms. The van der Waals surface area contributed by atoms with Crippen molar-refractivity contribution in [2.75, 3.05) is 19.7 Å². The Bertz CT molecular complexity index is 516. The van der Waals surface area contributed by atoms with Gasteiger partial charge in [0.05, 0.1) is 18.9 Å². The van der Waals surface area contributed by atoms with Crippen LogP contribution in [0.1, 0.15) is 24.9 Å². The Balaban J connectivity index is 2.03. The van der Waals surface area contributed by atoms with Gasteiger partial charge in [-0.15, -0.1) is 0 Å². The summed E-state index contributed by atoms with van der Waals surface area (Å²) in [6, 6.07) is -1.50. The standard InChI is InChI=1S/C13H20N4O4/c1-3-10-8-17(4-5-21-10)13(20)15-11(12(18)19)9-6-14-16(2)7-9/h6-7,10-11H,3-5,8H2,1-2H3,(H,15,20)(H,18,19). The van der Waals surface area contributed by atoms with Crippen molar-refractivity contribution in [3.63, 3.8) is 0 Å². The fourth-order valence-electron chi connectivity index (χ4n) is 2.24. The predicted octanol–water partition coefficient (Wildman–Crippen LogP) is 0.366. The number of carbonyl (C=O) groups is 2. The van der Waals surface area contributed by atoms with Crippen LogP contribution in [0.3, 0.4) is 0 Å². The van der Waals surface area contributed by atoms with E-state index < -0.39 is 18.0 Å². The van der Waals surface area contributed by atoms with Crippen molar-refractivity contribution < 1.29 is 19.4 Å². The molecule has 1 aliphatic rings. The van der Waals surface area contributed by atoms with Crippen molar-refractivity contribution in [3.05, 3.63) is 18.0 Å². The molecule has 2 rings (SSSR count). The number of rotatable bonds is 4. The lowest BCUT2D eigenvalue weighted by Crippen LogP contribution is -2.51. The molecule has 2 N–H and O–H groups in total. The van der Waals surface area contributed by atoms with Gasteiger partial charge < -0.3 is 20.1 Å². The molecule has 2 amide bonds. The normalized spacial score (nSPS) is 20.1. The molecule has 0 radical (unpaired) electrons. The second-order valence-corrected chi connectivity index (χ2v) is 5.02. The topological polar surface area (TPSA) is 96.7 Å². The van der Waals surface area contributed by atoms with E-state index in [9.17, 15) is 14.7 Å². The lowest BCUT2D eigenvalue weighted by atomic mass is 10.1. The van der Waals surface area contributed by atoms with Crippen molar-refractivity contribution in [1.29, 1.82) is 0 Å². The summed E-state index contributed by atoms with van der Waals surface area (Å²) >= 11 is 0. The van der Waals surface area contributed by atoms with Gasteiger partial charge >= 0.3 is 12.0 Å². The molecule has 0 saturated carbocycles. The van der Waals surface area contributed by atoms with Gasteiger partial charge in [-0.25, -0.2) is 9.59 Å². The molecule has 2 heterocycles. The van der Waals surface area contributed by atoms with Crippen LogP contribution >= 0.6 is 0 Å². The molecule has 1 fully saturated rings. The maximum absolute atomic E-state index is 12.2. The maximum Gasteiger partial charge on any atom is 0.331 e. The number of carbonyl (C=O) groups excluding carboxylic acids is 1. The molecule has 116 valence electrons. The molecule has 2 atom stereocenters. The number of ether oxygens (including phenoxy) is 1. The fourth-order valence-corrected chi connectivity index (χ4v) is 2.24. The van der Waals surface area contributed by atoms with Gasteiger partial charge in [-0.05, 0) is 6.42 Å². The number of nitrogens with zero attached hydrogens (tertiary/aromatic N) is 3. The second-order valence-electron chi connectivity index (χ2n) is 5.02. The van der Waals surface area contributed by atoms with E-state index in [0.29, 0.717) is 25.3 Å². The number of carboxylic acids is 1. The van der Waals surface area contributed by atoms with Crippen molar-refractivity contribution >= 4 is 12.0 Å². The van der Waals surface area contributed by atoms with E-state index >= 15 is 0 Å². The van der Waals surface area contributed by atoms with E-state index in [-0.39, 0.29) is 6.10 Å². The van der Waals surface area contributed by atoms with Crippen LogP contribution in [0.2, 0.25) is 0 Å². The smallest absolute Gasteiger partial charge is 0.331 e. The first-order valence-electron chi connectivity index (χ1n) is 6.89. The van der Waals surface area contributed by atoms with Gasteiger partial charge in [0.1, 0.15) is 0 Å². The van der Waals surface area contributed by atoms with Gasteiger partial charge in [-0.2, -0.15) is 5.10 Å². The number of aromatic nitrogens is 2. The highest BCUT2D eigenvalue weighted by Crippen LogP contribution is 2.14. The third kappa shape index (κ3) is 3.72. The lowest BCUT2D eigenvalue weighted by Gasteiger charge is -2.33. The molecule has 0 aliphatic carbocycles. The van der Waals surface area contributed by atoms with Gasteiger partial charge in [-0.1, -0.05) is 6.92 Å². The molecular weight excluding hydrogens is 276 g/mol. The molecule has 0 aromatic carbocycles. The van der Waals surface area contributed by atoms with E-state index in [1.165, 1.54) is 10.9 Å². The second kappa shape index (κ2) is 6.57. The van der Waals surface area contributed by atoms with E-state index in [4.69, 9.17) is 4.74 Å². The Morgan fingerprint density at radius 3 is 2.95 bits per heavy atom. The molecule has 21 heavy (non-hydrogen) atoms. The van der Waals surface area contributed by atoms with E-state index in [2.05, 4.69) is 10.4 Å². The molecule has 1 aliphatic heterocycles. The summed E-state index contributed by atoms with van der Waals surface area (Å²) in [6.45, 7) is 3.39. The van der Waals surface area contributed by atoms with E-state index in [1.807, 2.05) is 6.92 Å². The summed E-state index contributed by atoms with van der Waals surface area (Å²) in [5, 5.41) is 15.8. The van der Waals surface area contributed by atoms with Crippen LogP contribution in [0.15, 0.2) is 12.4 Å². The Labute approximate surface area is 122 Å². The summed E-state index contributed by atoms with van der Waals surface area (Å²) in [4.78, 5) is 25.2. The molecule has 1 aromatic heterocycles. The fraction of sp³-hybridized carbons (Fsp3) is 0.615. The quantitative estimate of drug-likeness (QED) is 0.836. The zero-order valence-corrected chi connectivity index (χ0v) is 12.2. The monoisotopic (exact) mass is 296 g/mol. The van der Waals surface area contributed by atoms with Crippen LogP contribution in [0.25, 0.3) is 0 Å². The first-order valence-corrected chi connectivity index (χ1v) is 6.89. The minimum Gasteiger partial charge on any atom is -0.479 e. The zero-order valence-electron chi connectivity index (χ0n) is 12.2. The van der Waals surface area contributed by atoms with Gasteiger partial charge in [-0.3, -0.25) is 4.68 Å². The minimum absolute atomic E-state index is 0.00571. The number of carboxylic acid groups (broad SMARTS) is 1. The number of aryl methyl sites for hydroxylation is 1. The first kappa shape index (κ1) is 15.3. The SMILES string of the molecule is CCC1CN(C(=O)NC(C(=O)O)c2cnn(C)c2)CCO1. The Hall–Kier alpha value is -2.09. The number of aliphatic carboxylic acids is 1. The number of hydrogen-bond donors (Lipinski definition) is 2. The van der Waals surface area contributed by atoms with Crippen LogP contribution in [0.4, 0.5) is 4.79 Å². The highest BCUT2D eigenvalue weighted by Gasteiger charge is 2.28. The largest absolute Gasteiger partial charge is 0.479 e. The molecule has 0 bridgehead atoms. The van der Waals surface area contributed by atoms with Gasteiger partial charge in [0.2, 0.25) is 0 Å². The summed E-state index contributed by atoms with van der Waals surface area (Å²) in [6.07, 6.45) is 3.83. The van der Waals surface area contributed by atoms with Crippen molar-refractivity contribution in [2.45, 2.75) is 25.5 Å². The molecular formula is C13H20N4O4. The summed E-state index contributed by atoms with van der Waals surface area (Å²) in [5.41, 5.74) is 0.443. The first-order chi connectivity index (χ1) is 10.0. The average molecular weight is 296 g/mol. The van der Waals surface area contributed by atoms with E-state index in [0.717, 1.165) is 6.42 Å². The molecule has 2 unspecified atom stereocenters. The Morgan fingerprint density at radius 2 is 2.38 bits per heavy atom. The molecule has 8 heteroatoms. The average Bonchev–Trinajstić information content (AvgIpc) is 2.90. The summed E-state index contributed by atoms with van der Waals surface area (Å²) in [5.74, 6) is -1.11. The maximum atomic E-state index is 12.2. The van der Waals surface area contributed by atoms with Crippen LogP contribution < -0.4 is 5.32 Å². The summed E-state index contributed by atoms with van der Waals surface area (Å²) < 4.78 is 7.00. The van der Waals surface area contributed by atoms with Crippen LogP contribution in [-0.4, -0.2) is 57.6 Å². The van der Waals surface area contributed by atoms with Crippen LogP contribution in [0.5, 0.6) is 0 Å². The molecule has 1 aromatic rings. The third-order valence-corrected chi connectivity index (χ3v) is 3.45. The van der Waals surface area contributed by atoms with Crippen LogP contribution in [-0.2, 0) is 16.6 Å². The number of urea groups is 1. The lowest BCUT2D eigenvalue weighted by molar-refractivity contribution is -0.139. The van der Waals surface area contributed by atoms with Crippen molar-refractivity contribution in [2.24, 2.45) is 7.05 Å². The third-order valence-electron chi connectivity index (χ3n) is 3.45. The van der Waals surface area contributed by atoms with Crippen molar-refractivity contribution in [1.82, 2.24) is 20.0 Å². The molecule has 1 saturated heterocycles. The van der Waals surface area contributed by atoms with Gasteiger partial charge in [0, 0.05) is 31.9 Å². The summed E-state index contributed by atoms with van der Waals surface area (Å²) in [7, 11) is 1.69. The Morgan fingerprint density at radius 1 is 1.62 bits per heavy atom.